The Morgan fingerprint density at radius 3 is 2.70 bits per heavy atom. The minimum Gasteiger partial charge on any atom is -0.442 e. The second-order valence-electron chi connectivity index (χ2n) is 6.76. The second-order valence-corrected chi connectivity index (χ2v) is 8.84. The van der Waals surface area contributed by atoms with E-state index >= 15 is 0 Å². The molecule has 0 aliphatic carbocycles. The molecule has 1 aromatic carbocycles. The predicted molar refractivity (Wildman–Crippen MR) is 106 cm³/mol. The lowest BCUT2D eigenvalue weighted by Crippen LogP contribution is -2.38. The van der Waals surface area contributed by atoms with Crippen LogP contribution in [-0.2, 0) is 15.5 Å². The average molecular weight is 413 g/mol. The highest BCUT2D eigenvalue weighted by Gasteiger charge is 2.33. The molecule has 1 amide bonds. The molecule has 7 nitrogen and oxygen atoms in total. The van der Waals surface area contributed by atoms with Gasteiger partial charge in [0.05, 0.1) is 24.5 Å². The first-order valence-electron chi connectivity index (χ1n) is 8.91. The molecule has 0 radical (unpaired) electrons. The maximum atomic E-state index is 14.6. The van der Waals surface area contributed by atoms with E-state index in [1.807, 2.05) is 9.80 Å². The first kappa shape index (κ1) is 18.4. The van der Waals surface area contributed by atoms with E-state index in [0.29, 0.717) is 54.2 Å². The summed E-state index contributed by atoms with van der Waals surface area (Å²) in [6.45, 7) is 3.83. The number of anilines is 2. The third kappa shape index (κ3) is 4.16. The number of thiocarbonyl (C=S) groups is 1. The number of nitrogens with one attached hydrogen (secondary N) is 1. The molecular formula is C17H21FN4O3S2. The van der Waals surface area contributed by atoms with Crippen molar-refractivity contribution in [3.8, 4) is 0 Å². The highest BCUT2D eigenvalue weighted by atomic mass is 32.2. The van der Waals surface area contributed by atoms with E-state index in [1.54, 1.807) is 12.1 Å². The molecule has 0 saturated carbocycles. The molecule has 10 heteroatoms. The summed E-state index contributed by atoms with van der Waals surface area (Å²) < 4.78 is 31.5. The summed E-state index contributed by atoms with van der Waals surface area (Å²) in [6, 6.07) is 4.76. The summed E-state index contributed by atoms with van der Waals surface area (Å²) in [6.07, 6.45) is -0.824. The number of ether oxygens (including phenoxy) is 1. The fourth-order valence-electron chi connectivity index (χ4n) is 3.20. The molecule has 3 fully saturated rings. The monoisotopic (exact) mass is 412 g/mol. The van der Waals surface area contributed by atoms with Crippen LogP contribution in [0.3, 0.4) is 0 Å². The smallest absolute Gasteiger partial charge is 0.414 e. The number of carbonyl (C=O) groups excluding carboxylic acids is 1. The van der Waals surface area contributed by atoms with Gasteiger partial charge >= 0.3 is 6.09 Å². The van der Waals surface area contributed by atoms with E-state index in [1.165, 1.54) is 11.0 Å². The number of benzene rings is 1. The lowest BCUT2D eigenvalue weighted by atomic mass is 10.2. The van der Waals surface area contributed by atoms with Crippen LogP contribution in [0.15, 0.2) is 18.2 Å². The van der Waals surface area contributed by atoms with Gasteiger partial charge in [0.15, 0.2) is 5.11 Å². The Morgan fingerprint density at radius 2 is 2.04 bits per heavy atom. The van der Waals surface area contributed by atoms with Crippen molar-refractivity contribution in [3.63, 3.8) is 0 Å². The molecule has 3 aliphatic heterocycles. The summed E-state index contributed by atoms with van der Waals surface area (Å²) in [5.74, 6) is 0.707. The van der Waals surface area contributed by atoms with Crippen molar-refractivity contribution in [1.29, 1.82) is 0 Å². The molecule has 0 spiro atoms. The van der Waals surface area contributed by atoms with E-state index < -0.39 is 22.7 Å². The van der Waals surface area contributed by atoms with E-state index in [9.17, 15) is 13.4 Å². The Kier molecular flexibility index (Phi) is 5.18. The molecule has 4 rings (SSSR count). The average Bonchev–Trinajstić information content (AvgIpc) is 3.44. The van der Waals surface area contributed by atoms with Crippen LogP contribution in [0.5, 0.6) is 0 Å². The molecule has 3 saturated heterocycles. The maximum absolute atomic E-state index is 14.6. The third-order valence-corrected chi connectivity index (χ3v) is 6.53. The van der Waals surface area contributed by atoms with Gasteiger partial charge in [-0.25, -0.2) is 9.18 Å². The molecule has 1 unspecified atom stereocenters. The second kappa shape index (κ2) is 7.59. The van der Waals surface area contributed by atoms with Crippen molar-refractivity contribution in [1.82, 2.24) is 10.2 Å². The van der Waals surface area contributed by atoms with Gasteiger partial charge in [-0.05, 0) is 30.4 Å². The van der Waals surface area contributed by atoms with Crippen LogP contribution in [0, 0.1) is 5.82 Å². The molecular weight excluding hydrogens is 391 g/mol. The molecule has 1 atom stereocenters. The van der Waals surface area contributed by atoms with E-state index in [0.717, 1.165) is 13.1 Å². The zero-order chi connectivity index (χ0) is 19.0. The molecule has 0 bridgehead atoms. The van der Waals surface area contributed by atoms with Gasteiger partial charge < -0.3 is 19.9 Å². The number of nitrogens with zero attached hydrogens (tertiary/aromatic N) is 3. The predicted octanol–water partition coefficient (Wildman–Crippen LogP) is 0.910. The summed E-state index contributed by atoms with van der Waals surface area (Å²) >= 11 is 5.22. The number of cyclic esters (lactones) is 1. The lowest BCUT2D eigenvalue weighted by Gasteiger charge is -2.29. The number of rotatable bonds is 4. The quantitative estimate of drug-likeness (QED) is 0.583. The van der Waals surface area contributed by atoms with E-state index in [-0.39, 0.29) is 6.10 Å². The van der Waals surface area contributed by atoms with Crippen LogP contribution in [0.25, 0.3) is 0 Å². The number of hydrogen-bond acceptors (Lipinski definition) is 5. The number of hydrogen-bond donors (Lipinski definition) is 1. The standard InChI is InChI=1S/C17H21FN4O3S2/c18-14-9-12(1-2-15(14)20-5-7-27(24)8-6-20)22-11-13(25-17(22)23)10-19-16(26)21-3-4-21/h1-2,9,13H,3-8,10-11H2,(H,19,26). The maximum Gasteiger partial charge on any atom is 0.414 e. The molecule has 0 aromatic heterocycles. The van der Waals surface area contributed by atoms with Gasteiger partial charge in [0.1, 0.15) is 11.9 Å². The first-order valence-corrected chi connectivity index (χ1v) is 10.8. The lowest BCUT2D eigenvalue weighted by molar-refractivity contribution is 0.142. The fraction of sp³-hybridized carbons (Fsp3) is 0.529. The summed E-state index contributed by atoms with van der Waals surface area (Å²) in [5.41, 5.74) is 0.947. The van der Waals surface area contributed by atoms with Crippen LogP contribution >= 0.6 is 12.2 Å². The largest absolute Gasteiger partial charge is 0.442 e. The molecule has 3 aliphatic rings. The van der Waals surface area contributed by atoms with Crippen LogP contribution in [0.4, 0.5) is 20.6 Å². The first-order chi connectivity index (χ1) is 13.0. The molecule has 1 aromatic rings. The van der Waals surface area contributed by atoms with Gasteiger partial charge in [-0.15, -0.1) is 0 Å². The SMILES string of the molecule is O=C1OC(CNC(=S)N2CC2)CN1c1ccc(N2CCS(=O)CC2)c(F)c1. The van der Waals surface area contributed by atoms with Gasteiger partial charge in [0.25, 0.3) is 0 Å². The number of halogens is 1. The van der Waals surface area contributed by atoms with Crippen molar-refractivity contribution >= 4 is 45.6 Å². The minimum atomic E-state index is -0.813. The fourth-order valence-corrected chi connectivity index (χ4v) is 4.52. The van der Waals surface area contributed by atoms with Crippen LogP contribution in [0.2, 0.25) is 0 Å². The van der Waals surface area contributed by atoms with Crippen molar-refractivity contribution in [2.75, 3.05) is 60.6 Å². The summed E-state index contributed by atoms with van der Waals surface area (Å²) in [5, 5.41) is 3.76. The van der Waals surface area contributed by atoms with Gasteiger partial charge in [-0.3, -0.25) is 9.11 Å². The highest BCUT2D eigenvalue weighted by Crippen LogP contribution is 2.28. The minimum absolute atomic E-state index is 0.338. The van der Waals surface area contributed by atoms with Crippen molar-refractivity contribution in [3.05, 3.63) is 24.0 Å². The Balaban J connectivity index is 1.39. The van der Waals surface area contributed by atoms with Crippen LogP contribution in [-0.4, -0.2) is 77.2 Å². The summed E-state index contributed by atoms with van der Waals surface area (Å²) in [7, 11) is -0.813. The Morgan fingerprint density at radius 1 is 1.30 bits per heavy atom. The molecule has 146 valence electrons. The Bertz CT molecular complexity index is 779. The Hall–Kier alpha value is -1.94. The van der Waals surface area contributed by atoms with Crippen LogP contribution < -0.4 is 15.1 Å². The van der Waals surface area contributed by atoms with Crippen LogP contribution in [0.1, 0.15) is 0 Å². The van der Waals surface area contributed by atoms with Gasteiger partial charge in [0.2, 0.25) is 0 Å². The van der Waals surface area contributed by atoms with Crippen molar-refractivity contribution in [2.24, 2.45) is 0 Å². The van der Waals surface area contributed by atoms with Crippen molar-refractivity contribution < 1.29 is 18.1 Å². The highest BCUT2D eigenvalue weighted by molar-refractivity contribution is 7.85. The molecule has 27 heavy (non-hydrogen) atoms. The Labute approximate surface area is 164 Å². The topological polar surface area (TPSA) is 64.9 Å². The van der Waals surface area contributed by atoms with Gasteiger partial charge in [-0.1, -0.05) is 0 Å². The van der Waals surface area contributed by atoms with Gasteiger partial charge in [-0.2, -0.15) is 0 Å². The number of carbonyl (C=O) groups is 1. The van der Waals surface area contributed by atoms with E-state index in [4.69, 9.17) is 17.0 Å². The molecule has 1 N–H and O–H groups in total. The summed E-state index contributed by atoms with van der Waals surface area (Å²) in [4.78, 5) is 17.5. The number of amides is 1. The third-order valence-electron chi connectivity index (χ3n) is 4.85. The normalized spacial score (nSPS) is 22.8. The zero-order valence-electron chi connectivity index (χ0n) is 14.7. The molecule has 3 heterocycles. The van der Waals surface area contributed by atoms with E-state index in [2.05, 4.69) is 5.32 Å². The van der Waals surface area contributed by atoms with Crippen molar-refractivity contribution in [2.45, 2.75) is 6.10 Å². The zero-order valence-corrected chi connectivity index (χ0v) is 16.4. The van der Waals surface area contributed by atoms with Gasteiger partial charge in [0, 0.05) is 48.5 Å².